The lowest BCUT2D eigenvalue weighted by atomic mass is 10.1. The number of aromatic amines is 1. The number of H-pyrrole nitrogens is 1. The smallest absolute Gasteiger partial charge is 0.231 e. The number of nitrogens with zero attached hydrogens (tertiary/aromatic N) is 2. The molecule has 3 aromatic rings. The van der Waals surface area contributed by atoms with E-state index in [0.717, 1.165) is 16.8 Å². The number of imidazole rings is 1. The Morgan fingerprint density at radius 3 is 3.12 bits per heavy atom. The van der Waals surface area contributed by atoms with E-state index in [1.165, 1.54) is 11.8 Å². The lowest BCUT2D eigenvalue weighted by molar-refractivity contribution is -0.119. The number of hydrogen-bond acceptors (Lipinski definition) is 6. The molecule has 0 aliphatic carbocycles. The average Bonchev–Trinajstić information content (AvgIpc) is 3.24. The van der Waals surface area contributed by atoms with Crippen molar-refractivity contribution in [3.8, 4) is 11.5 Å². The molecule has 0 radical (unpaired) electrons. The van der Waals surface area contributed by atoms with E-state index in [-0.39, 0.29) is 24.5 Å². The number of ether oxygens (including phenoxy) is 2. The highest BCUT2D eigenvalue weighted by Gasteiger charge is 2.17. The van der Waals surface area contributed by atoms with Crippen LogP contribution in [0.2, 0.25) is 5.02 Å². The number of thioether (sulfide) groups is 1. The van der Waals surface area contributed by atoms with Gasteiger partial charge in [-0.1, -0.05) is 29.4 Å². The number of aromatic nitrogens is 3. The number of halogens is 1. The molecule has 0 saturated carbocycles. The Labute approximate surface area is 158 Å². The number of amides is 1. The molecule has 2 aromatic heterocycles. The number of pyridine rings is 1. The third kappa shape index (κ3) is 3.56. The molecular formula is C17H15ClN4O3S. The van der Waals surface area contributed by atoms with Crippen LogP contribution in [0.5, 0.6) is 11.5 Å². The Kier molecular flexibility index (Phi) is 4.60. The van der Waals surface area contributed by atoms with Gasteiger partial charge in [0.15, 0.2) is 22.3 Å². The first-order valence-electron chi connectivity index (χ1n) is 7.91. The van der Waals surface area contributed by atoms with Crippen molar-refractivity contribution < 1.29 is 14.3 Å². The first-order valence-corrected chi connectivity index (χ1v) is 9.28. The fourth-order valence-corrected chi connectivity index (χ4v) is 3.45. The number of nitrogens with one attached hydrogen (secondary N) is 2. The number of benzene rings is 1. The van der Waals surface area contributed by atoms with Crippen LogP contribution in [0.25, 0.3) is 11.2 Å². The first-order chi connectivity index (χ1) is 12.6. The quantitative estimate of drug-likeness (QED) is 0.650. The van der Waals surface area contributed by atoms with Crippen molar-refractivity contribution >= 4 is 40.4 Å². The van der Waals surface area contributed by atoms with Gasteiger partial charge in [-0.2, -0.15) is 0 Å². The van der Waals surface area contributed by atoms with Crippen LogP contribution in [-0.4, -0.2) is 33.4 Å². The number of carbonyl (C=O) groups is 1. The third-order valence-electron chi connectivity index (χ3n) is 3.90. The molecule has 0 spiro atoms. The Morgan fingerprint density at radius 2 is 2.23 bits per heavy atom. The second-order valence-corrected chi connectivity index (χ2v) is 7.16. The topological polar surface area (TPSA) is 89.1 Å². The summed E-state index contributed by atoms with van der Waals surface area (Å²) in [7, 11) is 0. The molecule has 1 aliphatic heterocycles. The minimum Gasteiger partial charge on any atom is -0.454 e. The molecule has 1 aromatic carbocycles. The van der Waals surface area contributed by atoms with Crippen molar-refractivity contribution in [3.63, 3.8) is 0 Å². The second-order valence-electron chi connectivity index (χ2n) is 5.76. The molecule has 26 heavy (non-hydrogen) atoms. The Bertz CT molecular complexity index is 978. The molecule has 0 saturated heterocycles. The van der Waals surface area contributed by atoms with Gasteiger partial charge in [0, 0.05) is 6.20 Å². The van der Waals surface area contributed by atoms with E-state index in [0.29, 0.717) is 21.6 Å². The molecule has 3 heterocycles. The van der Waals surface area contributed by atoms with E-state index in [2.05, 4.69) is 20.3 Å². The maximum absolute atomic E-state index is 12.2. The van der Waals surface area contributed by atoms with Gasteiger partial charge in [0.25, 0.3) is 0 Å². The summed E-state index contributed by atoms with van der Waals surface area (Å²) in [4.78, 5) is 23.8. The molecule has 2 N–H and O–H groups in total. The van der Waals surface area contributed by atoms with Crippen molar-refractivity contribution in [2.24, 2.45) is 0 Å². The summed E-state index contributed by atoms with van der Waals surface area (Å²) in [6, 6.07) is 7.26. The van der Waals surface area contributed by atoms with E-state index in [1.807, 2.05) is 25.1 Å². The molecule has 1 aliphatic rings. The molecule has 0 unspecified atom stereocenters. The molecule has 1 atom stereocenters. The van der Waals surface area contributed by atoms with E-state index >= 15 is 0 Å². The predicted molar refractivity (Wildman–Crippen MR) is 98.7 cm³/mol. The normalized spacial score (nSPS) is 13.8. The van der Waals surface area contributed by atoms with Crippen LogP contribution in [-0.2, 0) is 4.79 Å². The standard InChI is InChI=1S/C17H15ClN4O3S/c1-9(10-2-3-13-14(4-10)25-8-24-13)20-15(23)7-26-17-21-12-5-11(18)6-19-16(12)22-17/h2-6,9H,7-8H2,1H3,(H,20,23)(H,19,21,22)/t9-/m1/s1. The molecule has 0 bridgehead atoms. The largest absolute Gasteiger partial charge is 0.454 e. The SMILES string of the molecule is C[C@@H](NC(=O)CSc1nc2ncc(Cl)cc2[nH]1)c1ccc2c(c1)OCO2. The van der Waals surface area contributed by atoms with Crippen LogP contribution in [0.4, 0.5) is 0 Å². The van der Waals surface area contributed by atoms with Crippen molar-refractivity contribution in [2.75, 3.05) is 12.5 Å². The number of rotatable bonds is 5. The number of carbonyl (C=O) groups excluding carboxylic acids is 1. The first kappa shape index (κ1) is 17.0. The third-order valence-corrected chi connectivity index (χ3v) is 4.98. The summed E-state index contributed by atoms with van der Waals surface area (Å²) in [6.07, 6.45) is 1.54. The van der Waals surface area contributed by atoms with Crippen LogP contribution in [0.15, 0.2) is 35.6 Å². The maximum atomic E-state index is 12.2. The highest BCUT2D eigenvalue weighted by Crippen LogP contribution is 2.34. The summed E-state index contributed by atoms with van der Waals surface area (Å²) in [5.41, 5.74) is 2.27. The van der Waals surface area contributed by atoms with E-state index in [9.17, 15) is 4.79 Å². The molecular weight excluding hydrogens is 376 g/mol. The molecule has 7 nitrogen and oxygen atoms in total. The lowest BCUT2D eigenvalue weighted by Crippen LogP contribution is -2.28. The Hall–Kier alpha value is -2.45. The van der Waals surface area contributed by atoms with Gasteiger partial charge in [0.2, 0.25) is 12.7 Å². The van der Waals surface area contributed by atoms with Gasteiger partial charge in [-0.05, 0) is 30.7 Å². The van der Waals surface area contributed by atoms with Gasteiger partial charge < -0.3 is 19.8 Å². The van der Waals surface area contributed by atoms with Crippen LogP contribution in [0.1, 0.15) is 18.5 Å². The predicted octanol–water partition coefficient (Wildman–Crippen LogP) is 3.31. The van der Waals surface area contributed by atoms with Crippen molar-refractivity contribution in [1.29, 1.82) is 0 Å². The van der Waals surface area contributed by atoms with Crippen molar-refractivity contribution in [2.45, 2.75) is 18.1 Å². The number of hydrogen-bond donors (Lipinski definition) is 2. The van der Waals surface area contributed by atoms with E-state index in [1.54, 1.807) is 12.3 Å². The van der Waals surface area contributed by atoms with Gasteiger partial charge in [-0.3, -0.25) is 4.79 Å². The van der Waals surface area contributed by atoms with Crippen molar-refractivity contribution in [1.82, 2.24) is 20.3 Å². The van der Waals surface area contributed by atoms with Crippen LogP contribution in [0, 0.1) is 0 Å². The van der Waals surface area contributed by atoms with Gasteiger partial charge >= 0.3 is 0 Å². The molecule has 9 heteroatoms. The molecule has 134 valence electrons. The highest BCUT2D eigenvalue weighted by atomic mass is 35.5. The summed E-state index contributed by atoms with van der Waals surface area (Å²) >= 11 is 7.22. The van der Waals surface area contributed by atoms with Gasteiger partial charge in [0.05, 0.1) is 22.3 Å². The summed E-state index contributed by atoms with van der Waals surface area (Å²) in [5, 5.41) is 4.13. The molecule has 4 rings (SSSR count). The zero-order chi connectivity index (χ0) is 18.1. The van der Waals surface area contributed by atoms with Gasteiger partial charge in [-0.15, -0.1) is 0 Å². The zero-order valence-electron chi connectivity index (χ0n) is 13.8. The van der Waals surface area contributed by atoms with Crippen LogP contribution in [0.3, 0.4) is 0 Å². The second kappa shape index (κ2) is 7.05. The minimum absolute atomic E-state index is 0.0911. The Morgan fingerprint density at radius 1 is 1.38 bits per heavy atom. The summed E-state index contributed by atoms with van der Waals surface area (Å²) in [5.74, 6) is 1.57. The van der Waals surface area contributed by atoms with E-state index in [4.69, 9.17) is 21.1 Å². The van der Waals surface area contributed by atoms with Gasteiger partial charge in [0.1, 0.15) is 0 Å². The van der Waals surface area contributed by atoms with Crippen molar-refractivity contribution in [3.05, 3.63) is 41.0 Å². The summed E-state index contributed by atoms with van der Waals surface area (Å²) < 4.78 is 10.7. The number of fused-ring (bicyclic) bond motifs is 2. The van der Waals surface area contributed by atoms with Gasteiger partial charge in [-0.25, -0.2) is 9.97 Å². The average molecular weight is 391 g/mol. The summed E-state index contributed by atoms with van der Waals surface area (Å²) in [6.45, 7) is 2.15. The monoisotopic (exact) mass is 390 g/mol. The highest BCUT2D eigenvalue weighted by molar-refractivity contribution is 7.99. The fraction of sp³-hybridized carbons (Fsp3) is 0.235. The Balaban J connectivity index is 1.35. The van der Waals surface area contributed by atoms with Crippen LogP contribution < -0.4 is 14.8 Å². The van der Waals surface area contributed by atoms with E-state index < -0.39 is 0 Å². The minimum atomic E-state index is -0.145. The maximum Gasteiger partial charge on any atom is 0.231 e. The zero-order valence-corrected chi connectivity index (χ0v) is 15.4. The fourth-order valence-electron chi connectivity index (χ4n) is 2.60. The molecule has 1 amide bonds. The van der Waals surface area contributed by atoms with Crippen LogP contribution >= 0.6 is 23.4 Å². The lowest BCUT2D eigenvalue weighted by Gasteiger charge is -2.14. The molecule has 0 fully saturated rings.